The molecule has 0 saturated heterocycles. The highest BCUT2D eigenvalue weighted by Gasteiger charge is 1.93. The quantitative estimate of drug-likeness (QED) is 0.308. The number of rotatable bonds is 2. The minimum Gasteiger partial charge on any atom is -0.394 e. The van der Waals surface area contributed by atoms with Crippen LogP contribution in [0.2, 0.25) is 0 Å². The Bertz CT molecular complexity index is 81.0. The molecule has 10 heavy (non-hydrogen) atoms. The van der Waals surface area contributed by atoms with E-state index < -0.39 is 14.4 Å². The molecule has 0 rings (SSSR count). The van der Waals surface area contributed by atoms with Gasteiger partial charge in [-0.05, 0) is 0 Å². The van der Waals surface area contributed by atoms with E-state index in [9.17, 15) is 0 Å². The van der Waals surface area contributed by atoms with Crippen LogP contribution in [-0.2, 0) is 4.57 Å². The van der Waals surface area contributed by atoms with Crippen LogP contribution in [0.5, 0.6) is 0 Å². The second-order valence-electron chi connectivity index (χ2n) is 1.24. The Balaban J connectivity index is 0. The highest BCUT2D eigenvalue weighted by atomic mass is 127. The molecule has 62 valence electrons. The Labute approximate surface area is 72.8 Å². The van der Waals surface area contributed by atoms with Gasteiger partial charge in [-0.1, -0.05) is 22.6 Å². The van der Waals surface area contributed by atoms with Crippen LogP contribution in [0, 0.1) is 0 Å². The molecule has 0 aliphatic rings. The fourth-order valence-corrected chi connectivity index (χ4v) is 0.327. The van der Waals surface area contributed by atoms with E-state index in [0.29, 0.717) is 4.43 Å². The number of aliphatic hydroxyl groups excluding tert-OH is 2. The van der Waals surface area contributed by atoms with Gasteiger partial charge in [-0.3, -0.25) is 0 Å². The van der Waals surface area contributed by atoms with Gasteiger partial charge in [-0.15, -0.1) is 9.79 Å². The average Bonchev–Trinajstić information content (AvgIpc) is 1.85. The Morgan fingerprint density at radius 2 is 1.80 bits per heavy atom. The zero-order valence-electron chi connectivity index (χ0n) is 5.01. The highest BCUT2D eigenvalue weighted by Crippen LogP contribution is 1.98. The standard InChI is InChI=1S/C3H7IO2.HO3P/c4-1-3(6)2-5;1-4(2)3/h3,5-6H,1-2H2;(H-,1,2,3)/p+1/t3-;/m1./s1. The van der Waals surface area contributed by atoms with E-state index in [1.165, 1.54) is 0 Å². The molecule has 0 aromatic rings. The van der Waals surface area contributed by atoms with E-state index in [1.807, 2.05) is 22.6 Å². The normalized spacial score (nSPS) is 11.3. The maximum atomic E-state index is 8.70. The molecule has 4 N–H and O–H groups in total. The lowest BCUT2D eigenvalue weighted by Crippen LogP contribution is -2.12. The SMILES string of the molecule is O=[P+](O)O.OC[C@H](O)CI. The van der Waals surface area contributed by atoms with Crippen molar-refractivity contribution in [2.75, 3.05) is 11.0 Å². The molecular weight excluding hydrogens is 274 g/mol. The van der Waals surface area contributed by atoms with Crippen LogP contribution in [0.15, 0.2) is 0 Å². The topological polar surface area (TPSA) is 98.0 Å². The number of aliphatic hydroxyl groups is 2. The molecule has 0 aromatic heterocycles. The zero-order chi connectivity index (χ0) is 8.57. The third-order valence-electron chi connectivity index (χ3n) is 0.389. The van der Waals surface area contributed by atoms with E-state index in [0.717, 1.165) is 0 Å². The van der Waals surface area contributed by atoms with Gasteiger partial charge in [-0.25, -0.2) is 0 Å². The van der Waals surface area contributed by atoms with Crippen molar-refractivity contribution < 1.29 is 24.6 Å². The molecule has 0 aliphatic heterocycles. The van der Waals surface area contributed by atoms with Gasteiger partial charge >= 0.3 is 8.25 Å². The third kappa shape index (κ3) is 23.4. The molecule has 0 unspecified atom stereocenters. The molecule has 0 aliphatic carbocycles. The van der Waals surface area contributed by atoms with E-state index in [4.69, 9.17) is 24.6 Å². The first-order chi connectivity index (χ1) is 4.54. The van der Waals surface area contributed by atoms with Gasteiger partial charge in [0.1, 0.15) is 0 Å². The third-order valence-corrected chi connectivity index (χ3v) is 1.41. The van der Waals surface area contributed by atoms with Gasteiger partial charge < -0.3 is 10.2 Å². The van der Waals surface area contributed by atoms with Gasteiger partial charge in [0.2, 0.25) is 0 Å². The smallest absolute Gasteiger partial charge is 0.394 e. The Morgan fingerprint density at radius 1 is 1.50 bits per heavy atom. The molecule has 0 radical (unpaired) electrons. The predicted molar refractivity (Wildman–Crippen MR) is 44.0 cm³/mol. The minimum absolute atomic E-state index is 0.122. The lowest BCUT2D eigenvalue weighted by atomic mass is 10.5. The van der Waals surface area contributed by atoms with Crippen molar-refractivity contribution in [2.45, 2.75) is 6.10 Å². The number of hydrogen-bond donors (Lipinski definition) is 4. The maximum absolute atomic E-state index is 8.70. The zero-order valence-corrected chi connectivity index (χ0v) is 8.07. The van der Waals surface area contributed by atoms with Crippen LogP contribution in [0.4, 0.5) is 0 Å². The van der Waals surface area contributed by atoms with Gasteiger partial charge in [0.05, 0.1) is 12.7 Å². The van der Waals surface area contributed by atoms with Crippen molar-refractivity contribution in [1.29, 1.82) is 0 Å². The average molecular weight is 283 g/mol. The Kier molecular flexibility index (Phi) is 12.8. The molecule has 0 heterocycles. The summed E-state index contributed by atoms with van der Waals surface area (Å²) in [7, 11) is -2.87. The van der Waals surface area contributed by atoms with E-state index in [1.54, 1.807) is 0 Å². The predicted octanol–water partition coefficient (Wildman–Crippen LogP) is -0.597. The van der Waals surface area contributed by atoms with Crippen LogP contribution in [-0.4, -0.2) is 37.1 Å². The molecule has 7 heteroatoms. The first kappa shape index (κ1) is 13.3. The highest BCUT2D eigenvalue weighted by molar-refractivity contribution is 14.1. The molecule has 0 spiro atoms. The van der Waals surface area contributed by atoms with Gasteiger partial charge in [-0.2, -0.15) is 0 Å². The molecule has 0 amide bonds. The van der Waals surface area contributed by atoms with Crippen molar-refractivity contribution in [3.8, 4) is 0 Å². The lowest BCUT2D eigenvalue weighted by Gasteiger charge is -1.96. The van der Waals surface area contributed by atoms with Gasteiger partial charge in [0.15, 0.2) is 0 Å². The van der Waals surface area contributed by atoms with E-state index >= 15 is 0 Å². The molecule has 1 atom stereocenters. The largest absolute Gasteiger partial charge is 0.692 e. The number of halogens is 1. The van der Waals surface area contributed by atoms with Crippen molar-refractivity contribution in [3.05, 3.63) is 0 Å². The second-order valence-corrected chi connectivity index (χ2v) is 2.63. The summed E-state index contributed by atoms with van der Waals surface area (Å²) in [5, 5.41) is 16.5. The number of alkyl halides is 1. The monoisotopic (exact) mass is 283 g/mol. The molecule has 0 bridgehead atoms. The summed E-state index contributed by atoms with van der Waals surface area (Å²) in [6.07, 6.45) is -0.523. The number of hydrogen-bond acceptors (Lipinski definition) is 3. The second kappa shape index (κ2) is 9.67. The van der Waals surface area contributed by atoms with E-state index in [-0.39, 0.29) is 6.61 Å². The van der Waals surface area contributed by atoms with Gasteiger partial charge in [0, 0.05) is 8.99 Å². The van der Waals surface area contributed by atoms with Crippen LogP contribution < -0.4 is 0 Å². The van der Waals surface area contributed by atoms with E-state index in [2.05, 4.69) is 0 Å². The summed E-state index contributed by atoms with van der Waals surface area (Å²) < 4.78 is 9.31. The summed E-state index contributed by atoms with van der Waals surface area (Å²) in [5.41, 5.74) is 0. The molecule has 5 nitrogen and oxygen atoms in total. The lowest BCUT2D eigenvalue weighted by molar-refractivity contribution is 0.116. The minimum atomic E-state index is -2.87. The maximum Gasteiger partial charge on any atom is 0.692 e. The van der Waals surface area contributed by atoms with Crippen molar-refractivity contribution in [2.24, 2.45) is 0 Å². The van der Waals surface area contributed by atoms with Crippen LogP contribution in [0.3, 0.4) is 0 Å². The van der Waals surface area contributed by atoms with Gasteiger partial charge in [0.25, 0.3) is 0 Å². The molecule has 0 saturated carbocycles. The van der Waals surface area contributed by atoms with Crippen LogP contribution >= 0.6 is 30.8 Å². The summed E-state index contributed by atoms with van der Waals surface area (Å²) in [4.78, 5) is 14.2. The van der Waals surface area contributed by atoms with Crippen molar-refractivity contribution >= 4 is 30.8 Å². The molecule has 0 fully saturated rings. The van der Waals surface area contributed by atoms with Crippen molar-refractivity contribution in [3.63, 3.8) is 0 Å². The Hall–Kier alpha value is 0.670. The van der Waals surface area contributed by atoms with Crippen molar-refractivity contribution in [1.82, 2.24) is 0 Å². The summed E-state index contributed by atoms with van der Waals surface area (Å²) in [5.74, 6) is 0. The first-order valence-corrected chi connectivity index (χ1v) is 4.93. The molecule has 0 aromatic carbocycles. The van der Waals surface area contributed by atoms with Crippen LogP contribution in [0.1, 0.15) is 0 Å². The fourth-order valence-electron chi connectivity index (χ4n) is 0.0488. The Morgan fingerprint density at radius 3 is 1.80 bits per heavy atom. The fraction of sp³-hybridized carbons (Fsp3) is 1.00. The summed E-state index contributed by atoms with van der Waals surface area (Å²) in [6, 6.07) is 0. The molecular formula is C3H9IO5P+. The van der Waals surface area contributed by atoms with Crippen LogP contribution in [0.25, 0.3) is 0 Å². The summed E-state index contributed by atoms with van der Waals surface area (Å²) >= 11 is 2.00. The summed E-state index contributed by atoms with van der Waals surface area (Å²) in [6.45, 7) is -0.122. The first-order valence-electron chi connectivity index (χ1n) is 2.24.